The van der Waals surface area contributed by atoms with Crippen LogP contribution in [0.4, 0.5) is 10.1 Å². The summed E-state index contributed by atoms with van der Waals surface area (Å²) in [5.74, 6) is -1.06. The Morgan fingerprint density at radius 1 is 1.13 bits per heavy atom. The quantitative estimate of drug-likeness (QED) is 0.724. The van der Waals surface area contributed by atoms with Crippen LogP contribution in [0.2, 0.25) is 5.02 Å². The van der Waals surface area contributed by atoms with Crippen LogP contribution >= 0.6 is 34.2 Å². The van der Waals surface area contributed by atoms with E-state index in [1.807, 2.05) is 22.6 Å². The summed E-state index contributed by atoms with van der Waals surface area (Å²) in [6, 6.07) is 8.57. The van der Waals surface area contributed by atoms with Crippen LogP contribution < -0.4 is 5.32 Å². The van der Waals surface area contributed by atoms with Gasteiger partial charge in [0, 0.05) is 23.4 Å². The van der Waals surface area contributed by atoms with Crippen LogP contribution in [0.1, 0.15) is 20.7 Å². The Bertz CT molecular complexity index is 781. The zero-order chi connectivity index (χ0) is 17.1. The number of nitrogens with one attached hydrogen (secondary N) is 1. The second-order valence-electron chi connectivity index (χ2n) is 4.97. The maximum atomic E-state index is 13.1. The first-order valence-electron chi connectivity index (χ1n) is 6.57. The maximum Gasteiger partial charge on any atom is 0.256 e. The van der Waals surface area contributed by atoms with Crippen molar-refractivity contribution in [3.63, 3.8) is 0 Å². The van der Waals surface area contributed by atoms with E-state index in [-0.39, 0.29) is 11.8 Å². The number of anilines is 1. The van der Waals surface area contributed by atoms with Gasteiger partial charge in [-0.25, -0.2) is 4.39 Å². The lowest BCUT2D eigenvalue weighted by molar-refractivity contribution is 0.0827. The predicted octanol–water partition coefficient (Wildman–Crippen LogP) is 4.04. The molecule has 2 aromatic carbocycles. The number of halogens is 3. The van der Waals surface area contributed by atoms with Crippen molar-refractivity contribution in [3.05, 3.63) is 61.9 Å². The zero-order valence-electron chi connectivity index (χ0n) is 12.4. The molecule has 0 aliphatic rings. The van der Waals surface area contributed by atoms with Crippen molar-refractivity contribution in [3.8, 4) is 0 Å². The van der Waals surface area contributed by atoms with Crippen LogP contribution in [0, 0.1) is 9.39 Å². The van der Waals surface area contributed by atoms with Gasteiger partial charge in [-0.3, -0.25) is 9.59 Å². The van der Waals surface area contributed by atoms with E-state index in [9.17, 15) is 14.0 Å². The van der Waals surface area contributed by atoms with E-state index in [0.717, 1.165) is 0 Å². The fraction of sp³-hybridized carbons (Fsp3) is 0.125. The number of amides is 2. The van der Waals surface area contributed by atoms with Gasteiger partial charge in [0.2, 0.25) is 0 Å². The molecule has 0 aliphatic carbocycles. The number of carbonyl (C=O) groups excluding carboxylic acids is 2. The molecule has 23 heavy (non-hydrogen) atoms. The molecule has 2 aromatic rings. The minimum Gasteiger partial charge on any atom is -0.345 e. The van der Waals surface area contributed by atoms with Crippen LogP contribution in [-0.2, 0) is 0 Å². The average molecular weight is 447 g/mol. The monoisotopic (exact) mass is 446 g/mol. The standard InChI is InChI=1S/C16H13ClFIN2O2/c1-21(2)16(23)12-8-10(4-6-13(12)17)20-15(22)11-5-3-9(18)7-14(11)19/h3-8H,1-2H3,(H,20,22). The minimum atomic E-state index is -0.406. The second kappa shape index (κ2) is 7.27. The van der Waals surface area contributed by atoms with Crippen molar-refractivity contribution < 1.29 is 14.0 Å². The maximum absolute atomic E-state index is 13.1. The predicted molar refractivity (Wildman–Crippen MR) is 96.5 cm³/mol. The summed E-state index contributed by atoms with van der Waals surface area (Å²) < 4.78 is 13.6. The lowest BCUT2D eigenvalue weighted by Gasteiger charge is -2.13. The number of nitrogens with zero attached hydrogens (tertiary/aromatic N) is 1. The first-order chi connectivity index (χ1) is 10.8. The topological polar surface area (TPSA) is 49.4 Å². The summed E-state index contributed by atoms with van der Waals surface area (Å²) >= 11 is 7.92. The van der Waals surface area contributed by atoms with Gasteiger partial charge in [0.05, 0.1) is 16.1 Å². The first kappa shape index (κ1) is 17.7. The molecule has 0 fully saturated rings. The van der Waals surface area contributed by atoms with Crippen LogP contribution in [0.3, 0.4) is 0 Å². The Labute approximate surface area is 151 Å². The normalized spacial score (nSPS) is 10.3. The highest BCUT2D eigenvalue weighted by Gasteiger charge is 2.15. The first-order valence-corrected chi connectivity index (χ1v) is 8.03. The largest absolute Gasteiger partial charge is 0.345 e. The van der Waals surface area contributed by atoms with Gasteiger partial charge in [-0.2, -0.15) is 0 Å². The zero-order valence-corrected chi connectivity index (χ0v) is 15.3. The van der Waals surface area contributed by atoms with Crippen LogP contribution in [-0.4, -0.2) is 30.8 Å². The summed E-state index contributed by atoms with van der Waals surface area (Å²) in [7, 11) is 3.23. The molecule has 0 spiro atoms. The molecule has 7 heteroatoms. The summed E-state index contributed by atoms with van der Waals surface area (Å²) in [5.41, 5.74) is 1.08. The van der Waals surface area contributed by atoms with E-state index in [2.05, 4.69) is 5.32 Å². The van der Waals surface area contributed by atoms with E-state index < -0.39 is 5.82 Å². The second-order valence-corrected chi connectivity index (χ2v) is 6.54. The third-order valence-corrected chi connectivity index (χ3v) is 4.26. The molecule has 2 rings (SSSR count). The summed E-state index contributed by atoms with van der Waals surface area (Å²) in [4.78, 5) is 25.7. The number of hydrogen-bond donors (Lipinski definition) is 1. The SMILES string of the molecule is CN(C)C(=O)c1cc(NC(=O)c2ccc(F)cc2I)ccc1Cl. The molecule has 1 N–H and O–H groups in total. The summed E-state index contributed by atoms with van der Waals surface area (Å²) in [6.07, 6.45) is 0. The highest BCUT2D eigenvalue weighted by molar-refractivity contribution is 14.1. The van der Waals surface area contributed by atoms with Gasteiger partial charge in [0.1, 0.15) is 5.82 Å². The summed E-state index contributed by atoms with van der Waals surface area (Å²) in [5, 5.41) is 2.99. The number of rotatable bonds is 3. The molecular weight excluding hydrogens is 434 g/mol. The Balaban J connectivity index is 2.28. The van der Waals surface area contributed by atoms with E-state index in [1.165, 1.54) is 29.2 Å². The number of hydrogen-bond acceptors (Lipinski definition) is 2. The molecular formula is C16H13ClFIN2O2. The van der Waals surface area contributed by atoms with Gasteiger partial charge in [0.15, 0.2) is 0 Å². The third-order valence-electron chi connectivity index (χ3n) is 3.04. The molecule has 0 radical (unpaired) electrons. The van der Waals surface area contributed by atoms with Crippen molar-refractivity contribution in [1.82, 2.24) is 4.90 Å². The number of carbonyl (C=O) groups is 2. The van der Waals surface area contributed by atoms with Gasteiger partial charge in [-0.1, -0.05) is 11.6 Å². The Morgan fingerprint density at radius 3 is 2.43 bits per heavy atom. The van der Waals surface area contributed by atoms with Crippen molar-refractivity contribution in [1.29, 1.82) is 0 Å². The lowest BCUT2D eigenvalue weighted by atomic mass is 10.1. The molecule has 0 saturated carbocycles. The lowest BCUT2D eigenvalue weighted by Crippen LogP contribution is -2.22. The van der Waals surface area contributed by atoms with Crippen LogP contribution in [0.25, 0.3) is 0 Å². The molecule has 0 unspecified atom stereocenters. The average Bonchev–Trinajstić information content (AvgIpc) is 2.48. The molecule has 2 amide bonds. The van der Waals surface area contributed by atoms with Crippen molar-refractivity contribution in [2.24, 2.45) is 0 Å². The van der Waals surface area contributed by atoms with Crippen LogP contribution in [0.5, 0.6) is 0 Å². The van der Waals surface area contributed by atoms with Crippen molar-refractivity contribution in [2.45, 2.75) is 0 Å². The smallest absolute Gasteiger partial charge is 0.256 e. The fourth-order valence-electron chi connectivity index (χ4n) is 1.88. The van der Waals surface area contributed by atoms with E-state index in [1.54, 1.807) is 26.2 Å². The van der Waals surface area contributed by atoms with E-state index in [4.69, 9.17) is 11.6 Å². The molecule has 0 atom stereocenters. The van der Waals surface area contributed by atoms with Gasteiger partial charge < -0.3 is 10.2 Å². The third kappa shape index (κ3) is 4.20. The molecule has 0 bridgehead atoms. The fourth-order valence-corrected chi connectivity index (χ4v) is 2.80. The Kier molecular flexibility index (Phi) is 5.59. The summed E-state index contributed by atoms with van der Waals surface area (Å²) in [6.45, 7) is 0. The van der Waals surface area contributed by atoms with Gasteiger partial charge in [-0.15, -0.1) is 0 Å². The van der Waals surface area contributed by atoms with E-state index >= 15 is 0 Å². The molecule has 0 aliphatic heterocycles. The van der Waals surface area contributed by atoms with Gasteiger partial charge in [0.25, 0.3) is 11.8 Å². The molecule has 0 heterocycles. The van der Waals surface area contributed by atoms with Crippen molar-refractivity contribution in [2.75, 3.05) is 19.4 Å². The molecule has 0 aromatic heterocycles. The number of benzene rings is 2. The Hall–Kier alpha value is -1.67. The van der Waals surface area contributed by atoms with Gasteiger partial charge >= 0.3 is 0 Å². The Morgan fingerprint density at radius 2 is 1.83 bits per heavy atom. The highest BCUT2D eigenvalue weighted by Crippen LogP contribution is 2.23. The van der Waals surface area contributed by atoms with Gasteiger partial charge in [-0.05, 0) is 59.0 Å². The highest BCUT2D eigenvalue weighted by atomic mass is 127. The molecule has 120 valence electrons. The minimum absolute atomic E-state index is 0.262. The van der Waals surface area contributed by atoms with Crippen molar-refractivity contribution >= 4 is 51.7 Å². The van der Waals surface area contributed by atoms with Crippen LogP contribution in [0.15, 0.2) is 36.4 Å². The molecule has 0 saturated heterocycles. The molecule has 4 nitrogen and oxygen atoms in total. The van der Waals surface area contributed by atoms with E-state index in [0.29, 0.717) is 25.4 Å².